The molecule has 92 valence electrons. The summed E-state index contributed by atoms with van der Waals surface area (Å²) in [6.45, 7) is -0.0279. The number of carboxylic acid groups (broad SMARTS) is 1. The Labute approximate surface area is 94.1 Å². The lowest BCUT2D eigenvalue weighted by atomic mass is 10.1. The van der Waals surface area contributed by atoms with Crippen LogP contribution in [0.15, 0.2) is 0 Å². The summed E-state index contributed by atoms with van der Waals surface area (Å²) in [5.74, 6) is -1.48. The average molecular weight is 230 g/mol. The van der Waals surface area contributed by atoms with Crippen molar-refractivity contribution in [2.45, 2.75) is 31.3 Å². The quantitative estimate of drug-likeness (QED) is 0.581. The smallest absolute Gasteiger partial charge is 0.328 e. The minimum atomic E-state index is -1.09. The number of carbonyl (C=O) groups excluding carboxylic acids is 1. The summed E-state index contributed by atoms with van der Waals surface area (Å²) < 4.78 is 4.73. The van der Waals surface area contributed by atoms with Gasteiger partial charge in [-0.2, -0.15) is 0 Å². The van der Waals surface area contributed by atoms with Gasteiger partial charge in [-0.3, -0.25) is 4.79 Å². The maximum absolute atomic E-state index is 11.7. The largest absolute Gasteiger partial charge is 0.480 e. The van der Waals surface area contributed by atoms with E-state index < -0.39 is 12.0 Å². The highest BCUT2D eigenvalue weighted by atomic mass is 16.5. The first kappa shape index (κ1) is 12.9. The van der Waals surface area contributed by atoms with Crippen molar-refractivity contribution in [3.8, 4) is 0 Å². The molecule has 6 heteroatoms. The highest BCUT2D eigenvalue weighted by molar-refractivity contribution is 5.85. The average Bonchev–Trinajstić information content (AvgIpc) is 2.64. The Morgan fingerprint density at radius 3 is 2.69 bits per heavy atom. The van der Waals surface area contributed by atoms with Crippen molar-refractivity contribution in [3.05, 3.63) is 0 Å². The standard InChI is InChI=1S/C10H18N2O4/c1-16-5-8(10(14)15)12-9(13)6-2-3-7(11)4-6/h6-8H,2-5,11H2,1H3,(H,12,13)(H,14,15). The SMILES string of the molecule is COCC(NC(=O)C1CCC(N)C1)C(=O)O. The van der Waals surface area contributed by atoms with Gasteiger partial charge < -0.3 is 20.9 Å². The second-order valence-electron chi connectivity index (χ2n) is 4.12. The molecule has 1 amide bonds. The molecule has 0 heterocycles. The maximum atomic E-state index is 11.7. The Kier molecular flexibility index (Phi) is 4.70. The number of nitrogens with one attached hydrogen (secondary N) is 1. The lowest BCUT2D eigenvalue weighted by molar-refractivity contribution is -0.144. The Hall–Kier alpha value is -1.14. The number of nitrogens with two attached hydrogens (primary N) is 1. The lowest BCUT2D eigenvalue weighted by Crippen LogP contribution is -2.46. The molecular formula is C10H18N2O4. The molecule has 0 aliphatic heterocycles. The summed E-state index contributed by atoms with van der Waals surface area (Å²) in [6, 6.07) is -0.921. The van der Waals surface area contributed by atoms with E-state index in [0.29, 0.717) is 6.42 Å². The van der Waals surface area contributed by atoms with E-state index >= 15 is 0 Å². The van der Waals surface area contributed by atoms with Crippen LogP contribution in [0.2, 0.25) is 0 Å². The molecular weight excluding hydrogens is 212 g/mol. The minimum Gasteiger partial charge on any atom is -0.480 e. The molecule has 3 unspecified atom stereocenters. The van der Waals surface area contributed by atoms with E-state index in [2.05, 4.69) is 5.32 Å². The number of carbonyl (C=O) groups is 2. The first-order valence-electron chi connectivity index (χ1n) is 5.32. The third kappa shape index (κ3) is 3.46. The fourth-order valence-corrected chi connectivity index (χ4v) is 1.89. The van der Waals surface area contributed by atoms with Gasteiger partial charge in [0.25, 0.3) is 0 Å². The van der Waals surface area contributed by atoms with Crippen LogP contribution in [0.5, 0.6) is 0 Å². The fourth-order valence-electron chi connectivity index (χ4n) is 1.89. The minimum absolute atomic E-state index is 0.0279. The highest BCUT2D eigenvalue weighted by Gasteiger charge is 2.30. The Morgan fingerprint density at radius 2 is 2.25 bits per heavy atom. The van der Waals surface area contributed by atoms with Crippen molar-refractivity contribution >= 4 is 11.9 Å². The van der Waals surface area contributed by atoms with Crippen LogP contribution >= 0.6 is 0 Å². The Bertz CT molecular complexity index is 270. The first-order chi connectivity index (χ1) is 7.54. The molecule has 1 aliphatic rings. The number of ether oxygens (including phenoxy) is 1. The van der Waals surface area contributed by atoms with Crippen molar-refractivity contribution in [1.29, 1.82) is 0 Å². The zero-order chi connectivity index (χ0) is 12.1. The predicted molar refractivity (Wildman–Crippen MR) is 56.8 cm³/mol. The number of hydrogen-bond acceptors (Lipinski definition) is 4. The molecule has 0 radical (unpaired) electrons. The zero-order valence-corrected chi connectivity index (χ0v) is 9.31. The molecule has 6 nitrogen and oxygen atoms in total. The molecule has 0 aromatic heterocycles. The van der Waals surface area contributed by atoms with Gasteiger partial charge in [-0.05, 0) is 19.3 Å². The van der Waals surface area contributed by atoms with E-state index in [1.54, 1.807) is 0 Å². The van der Waals surface area contributed by atoms with Crippen molar-refractivity contribution in [2.24, 2.45) is 11.7 Å². The molecule has 0 spiro atoms. The van der Waals surface area contributed by atoms with Gasteiger partial charge in [0.2, 0.25) is 5.91 Å². The van der Waals surface area contributed by atoms with Crippen LogP contribution < -0.4 is 11.1 Å². The highest BCUT2D eigenvalue weighted by Crippen LogP contribution is 2.24. The van der Waals surface area contributed by atoms with Crippen molar-refractivity contribution in [3.63, 3.8) is 0 Å². The fraction of sp³-hybridized carbons (Fsp3) is 0.800. The number of rotatable bonds is 5. The number of hydrogen-bond donors (Lipinski definition) is 3. The second-order valence-corrected chi connectivity index (χ2v) is 4.12. The van der Waals surface area contributed by atoms with E-state index in [1.807, 2.05) is 0 Å². The summed E-state index contributed by atoms with van der Waals surface area (Å²) in [5.41, 5.74) is 5.69. The van der Waals surface area contributed by atoms with Gasteiger partial charge in [0.15, 0.2) is 6.04 Å². The molecule has 16 heavy (non-hydrogen) atoms. The van der Waals surface area contributed by atoms with Crippen molar-refractivity contribution < 1.29 is 19.4 Å². The molecule has 1 saturated carbocycles. The van der Waals surface area contributed by atoms with E-state index in [1.165, 1.54) is 7.11 Å². The van der Waals surface area contributed by atoms with Crippen LogP contribution in [0, 0.1) is 5.92 Å². The third-order valence-corrected chi connectivity index (χ3v) is 2.79. The van der Waals surface area contributed by atoms with Gasteiger partial charge in [-0.1, -0.05) is 0 Å². The molecule has 1 rings (SSSR count). The van der Waals surface area contributed by atoms with E-state index in [4.69, 9.17) is 15.6 Å². The molecule has 3 atom stereocenters. The van der Waals surface area contributed by atoms with E-state index in [-0.39, 0.29) is 24.5 Å². The summed E-state index contributed by atoms with van der Waals surface area (Å²) in [7, 11) is 1.40. The van der Waals surface area contributed by atoms with Crippen LogP contribution in [-0.4, -0.2) is 42.8 Å². The monoisotopic (exact) mass is 230 g/mol. The molecule has 0 aromatic rings. The van der Waals surface area contributed by atoms with Gasteiger partial charge in [-0.25, -0.2) is 4.79 Å². The van der Waals surface area contributed by atoms with Crippen LogP contribution in [0.3, 0.4) is 0 Å². The zero-order valence-electron chi connectivity index (χ0n) is 9.31. The number of methoxy groups -OCH3 is 1. The second kappa shape index (κ2) is 5.81. The number of aliphatic carboxylic acids is 1. The lowest BCUT2D eigenvalue weighted by Gasteiger charge is -2.16. The third-order valence-electron chi connectivity index (χ3n) is 2.79. The summed E-state index contributed by atoms with van der Waals surface area (Å²) in [6.07, 6.45) is 2.18. The first-order valence-corrected chi connectivity index (χ1v) is 5.32. The number of carboxylic acids is 1. The van der Waals surface area contributed by atoms with E-state index in [0.717, 1.165) is 12.8 Å². The molecule has 4 N–H and O–H groups in total. The van der Waals surface area contributed by atoms with Crippen LogP contribution in [0.1, 0.15) is 19.3 Å². The normalized spacial score (nSPS) is 26.4. The van der Waals surface area contributed by atoms with Gasteiger partial charge >= 0.3 is 5.97 Å². The van der Waals surface area contributed by atoms with Gasteiger partial charge in [-0.15, -0.1) is 0 Å². The van der Waals surface area contributed by atoms with Crippen LogP contribution in [0.4, 0.5) is 0 Å². The van der Waals surface area contributed by atoms with Gasteiger partial charge in [0, 0.05) is 19.1 Å². The molecule has 0 saturated heterocycles. The molecule has 0 aromatic carbocycles. The van der Waals surface area contributed by atoms with Gasteiger partial charge in [0.05, 0.1) is 6.61 Å². The molecule has 1 aliphatic carbocycles. The maximum Gasteiger partial charge on any atom is 0.328 e. The van der Waals surface area contributed by atoms with Crippen molar-refractivity contribution in [2.75, 3.05) is 13.7 Å². The topological polar surface area (TPSA) is 102 Å². The molecule has 0 bridgehead atoms. The number of amides is 1. The van der Waals surface area contributed by atoms with Crippen LogP contribution in [0.25, 0.3) is 0 Å². The van der Waals surface area contributed by atoms with Crippen molar-refractivity contribution in [1.82, 2.24) is 5.32 Å². The van der Waals surface area contributed by atoms with Gasteiger partial charge in [0.1, 0.15) is 0 Å². The summed E-state index contributed by atoms with van der Waals surface area (Å²) in [4.78, 5) is 22.5. The Morgan fingerprint density at radius 1 is 1.56 bits per heavy atom. The summed E-state index contributed by atoms with van der Waals surface area (Å²) in [5, 5.41) is 11.3. The molecule has 1 fully saturated rings. The van der Waals surface area contributed by atoms with E-state index in [9.17, 15) is 9.59 Å². The van der Waals surface area contributed by atoms with Crippen LogP contribution in [-0.2, 0) is 14.3 Å². The predicted octanol–water partition coefficient (Wildman–Crippen LogP) is -0.670. The summed E-state index contributed by atoms with van der Waals surface area (Å²) >= 11 is 0. The Balaban J connectivity index is 2.45.